The maximum Gasteiger partial charge on any atom is 0.259 e. The van der Waals surface area contributed by atoms with Gasteiger partial charge in [-0.05, 0) is 6.07 Å². The van der Waals surface area contributed by atoms with Gasteiger partial charge in [0.1, 0.15) is 11.3 Å². The number of amides is 1. The number of anilines is 1. The summed E-state index contributed by atoms with van der Waals surface area (Å²) in [6.45, 7) is 0. The van der Waals surface area contributed by atoms with Gasteiger partial charge >= 0.3 is 0 Å². The molecule has 0 bridgehead atoms. The Morgan fingerprint density at radius 1 is 1.22 bits per heavy atom. The molecule has 0 aromatic carbocycles. The number of aromatic nitrogens is 3. The van der Waals surface area contributed by atoms with Gasteiger partial charge in [0.2, 0.25) is 0 Å². The van der Waals surface area contributed by atoms with Crippen molar-refractivity contribution >= 4 is 46.5 Å². The summed E-state index contributed by atoms with van der Waals surface area (Å²) in [5.41, 5.74) is 0.213. The number of nitrogens with one attached hydrogen (secondary N) is 1. The molecule has 0 fully saturated rings. The molecule has 1 N–H and O–H groups in total. The highest BCUT2D eigenvalue weighted by atomic mass is 35.5. The van der Waals surface area contributed by atoms with Crippen LogP contribution in [0.1, 0.15) is 10.4 Å². The summed E-state index contributed by atoms with van der Waals surface area (Å²) in [5, 5.41) is 2.87. The quantitative estimate of drug-likeness (QED) is 0.866. The normalized spacial score (nSPS) is 10.2. The summed E-state index contributed by atoms with van der Waals surface area (Å²) < 4.78 is 0. The van der Waals surface area contributed by atoms with Crippen LogP contribution in [0.3, 0.4) is 0 Å². The number of rotatable bonds is 2. The second-order valence-corrected chi connectivity index (χ2v) is 4.28. The Kier molecular flexibility index (Phi) is 3.96. The zero-order chi connectivity index (χ0) is 13.1. The maximum atomic E-state index is 11.9. The molecule has 0 aliphatic heterocycles. The lowest BCUT2D eigenvalue weighted by Crippen LogP contribution is -2.14. The van der Waals surface area contributed by atoms with E-state index in [1.807, 2.05) is 0 Å². The molecule has 18 heavy (non-hydrogen) atoms. The van der Waals surface area contributed by atoms with Crippen LogP contribution in [0.4, 0.5) is 5.82 Å². The van der Waals surface area contributed by atoms with Gasteiger partial charge in [-0.3, -0.25) is 9.78 Å². The van der Waals surface area contributed by atoms with E-state index in [0.29, 0.717) is 0 Å². The van der Waals surface area contributed by atoms with Crippen LogP contribution in [0.25, 0.3) is 0 Å². The molecule has 2 aromatic heterocycles. The van der Waals surface area contributed by atoms with E-state index in [0.717, 1.165) is 0 Å². The summed E-state index contributed by atoms with van der Waals surface area (Å²) in [4.78, 5) is 23.2. The van der Waals surface area contributed by atoms with Crippen molar-refractivity contribution in [1.82, 2.24) is 15.0 Å². The average Bonchev–Trinajstić information content (AvgIpc) is 2.35. The summed E-state index contributed by atoms with van der Waals surface area (Å²) in [6, 6.07) is 1.50. The first-order chi connectivity index (χ1) is 8.59. The number of carbonyl (C=O) groups excluding carboxylic acids is 1. The summed E-state index contributed by atoms with van der Waals surface area (Å²) >= 11 is 17.4. The van der Waals surface area contributed by atoms with E-state index in [9.17, 15) is 4.79 Å². The van der Waals surface area contributed by atoms with Gasteiger partial charge in [-0.25, -0.2) is 9.97 Å². The minimum atomic E-state index is -0.482. The first-order valence-corrected chi connectivity index (χ1v) is 5.80. The first kappa shape index (κ1) is 13.0. The van der Waals surface area contributed by atoms with Crippen LogP contribution in [-0.2, 0) is 0 Å². The SMILES string of the molecule is O=C(Nc1ncnc(Cl)c1Cl)c1cnccc1Cl. The number of hydrogen-bond donors (Lipinski definition) is 1. The largest absolute Gasteiger partial charge is 0.305 e. The Morgan fingerprint density at radius 2 is 2.00 bits per heavy atom. The van der Waals surface area contributed by atoms with Crippen molar-refractivity contribution in [3.05, 3.63) is 45.5 Å². The van der Waals surface area contributed by atoms with E-state index >= 15 is 0 Å². The molecule has 0 aliphatic carbocycles. The summed E-state index contributed by atoms with van der Waals surface area (Å²) in [5.74, 6) is -0.369. The van der Waals surface area contributed by atoms with Crippen LogP contribution in [0.2, 0.25) is 15.2 Å². The third-order valence-electron chi connectivity index (χ3n) is 1.99. The number of hydrogen-bond acceptors (Lipinski definition) is 4. The van der Waals surface area contributed by atoms with Gasteiger partial charge in [0.25, 0.3) is 5.91 Å². The average molecular weight is 304 g/mol. The molecule has 0 saturated carbocycles. The molecule has 0 atom stereocenters. The topological polar surface area (TPSA) is 67.8 Å². The van der Waals surface area contributed by atoms with E-state index in [-0.39, 0.29) is 26.6 Å². The molecule has 2 aromatic rings. The molecule has 0 saturated heterocycles. The Balaban J connectivity index is 2.27. The van der Waals surface area contributed by atoms with Gasteiger partial charge in [-0.1, -0.05) is 34.8 Å². The van der Waals surface area contributed by atoms with Crippen LogP contribution in [-0.4, -0.2) is 20.9 Å². The molecule has 5 nitrogen and oxygen atoms in total. The Hall–Kier alpha value is -1.43. The number of halogens is 3. The highest BCUT2D eigenvalue weighted by molar-refractivity contribution is 6.43. The number of pyridine rings is 1. The van der Waals surface area contributed by atoms with E-state index in [1.54, 1.807) is 0 Å². The maximum absolute atomic E-state index is 11.9. The fraction of sp³-hybridized carbons (Fsp3) is 0. The fourth-order valence-corrected chi connectivity index (χ4v) is 1.62. The lowest BCUT2D eigenvalue weighted by molar-refractivity contribution is 0.102. The van der Waals surface area contributed by atoms with E-state index < -0.39 is 5.91 Å². The second-order valence-electron chi connectivity index (χ2n) is 3.14. The van der Waals surface area contributed by atoms with Gasteiger partial charge in [0, 0.05) is 12.4 Å². The van der Waals surface area contributed by atoms with Gasteiger partial charge < -0.3 is 5.32 Å². The zero-order valence-electron chi connectivity index (χ0n) is 8.69. The van der Waals surface area contributed by atoms with Gasteiger partial charge in [0.15, 0.2) is 11.0 Å². The fourth-order valence-electron chi connectivity index (χ4n) is 1.15. The lowest BCUT2D eigenvalue weighted by atomic mass is 10.2. The van der Waals surface area contributed by atoms with Crippen molar-refractivity contribution in [2.45, 2.75) is 0 Å². The molecule has 92 valence electrons. The molecule has 0 unspecified atom stereocenters. The third kappa shape index (κ3) is 2.69. The molecule has 2 heterocycles. The van der Waals surface area contributed by atoms with Crippen LogP contribution < -0.4 is 5.32 Å². The molecule has 0 spiro atoms. The van der Waals surface area contributed by atoms with E-state index in [2.05, 4.69) is 20.3 Å². The van der Waals surface area contributed by atoms with Crippen molar-refractivity contribution in [3.63, 3.8) is 0 Å². The molecule has 0 aliphatic rings. The standard InChI is InChI=1S/C10H5Cl3N4O/c11-6-1-2-14-3-5(6)10(18)17-9-7(12)8(13)15-4-16-9/h1-4H,(H,15,16,17,18). The van der Waals surface area contributed by atoms with Crippen molar-refractivity contribution in [2.75, 3.05) is 5.32 Å². The van der Waals surface area contributed by atoms with Crippen LogP contribution in [0, 0.1) is 0 Å². The van der Waals surface area contributed by atoms with Crippen LogP contribution in [0.5, 0.6) is 0 Å². The minimum absolute atomic E-state index is 0.0549. The minimum Gasteiger partial charge on any atom is -0.305 e. The molecule has 1 amide bonds. The Morgan fingerprint density at radius 3 is 2.72 bits per heavy atom. The molecule has 2 rings (SSSR count). The van der Waals surface area contributed by atoms with Gasteiger partial charge in [0.05, 0.1) is 10.6 Å². The monoisotopic (exact) mass is 302 g/mol. The Labute approximate surface area is 117 Å². The molecule has 0 radical (unpaired) electrons. The van der Waals surface area contributed by atoms with Gasteiger partial charge in [-0.2, -0.15) is 0 Å². The predicted molar refractivity (Wildman–Crippen MR) is 69.3 cm³/mol. The second kappa shape index (κ2) is 5.48. The van der Waals surface area contributed by atoms with Gasteiger partial charge in [-0.15, -0.1) is 0 Å². The number of carbonyl (C=O) groups is 1. The molecule has 8 heteroatoms. The highest BCUT2D eigenvalue weighted by Crippen LogP contribution is 2.26. The highest BCUT2D eigenvalue weighted by Gasteiger charge is 2.14. The van der Waals surface area contributed by atoms with E-state index in [4.69, 9.17) is 34.8 Å². The zero-order valence-corrected chi connectivity index (χ0v) is 11.0. The van der Waals surface area contributed by atoms with Crippen molar-refractivity contribution in [2.24, 2.45) is 0 Å². The first-order valence-electron chi connectivity index (χ1n) is 4.66. The smallest absolute Gasteiger partial charge is 0.259 e. The third-order valence-corrected chi connectivity index (χ3v) is 3.06. The van der Waals surface area contributed by atoms with Crippen molar-refractivity contribution < 1.29 is 4.79 Å². The van der Waals surface area contributed by atoms with Crippen molar-refractivity contribution in [1.29, 1.82) is 0 Å². The van der Waals surface area contributed by atoms with Crippen molar-refractivity contribution in [3.8, 4) is 0 Å². The summed E-state index contributed by atoms with van der Waals surface area (Å²) in [7, 11) is 0. The molecular formula is C10H5Cl3N4O. The molecular weight excluding hydrogens is 298 g/mol. The van der Waals surface area contributed by atoms with E-state index in [1.165, 1.54) is 24.8 Å². The van der Waals surface area contributed by atoms with Crippen LogP contribution >= 0.6 is 34.8 Å². The lowest BCUT2D eigenvalue weighted by Gasteiger charge is -2.07. The summed E-state index contributed by atoms with van der Waals surface area (Å²) in [6.07, 6.45) is 4.01. The van der Waals surface area contributed by atoms with Crippen LogP contribution in [0.15, 0.2) is 24.8 Å². The number of nitrogens with zero attached hydrogens (tertiary/aromatic N) is 3. The predicted octanol–water partition coefficient (Wildman–Crippen LogP) is 3.08. The Bertz CT molecular complexity index is 605.